The van der Waals surface area contributed by atoms with Gasteiger partial charge in [-0.25, -0.2) is 0 Å². The largest absolute Gasteiger partial charge is 0.497 e. The maximum absolute atomic E-state index is 13.2. The van der Waals surface area contributed by atoms with Crippen molar-refractivity contribution in [2.75, 3.05) is 25.6 Å². The summed E-state index contributed by atoms with van der Waals surface area (Å²) in [7, 11) is 1.55. The number of pyridine rings is 1. The highest BCUT2D eigenvalue weighted by Crippen LogP contribution is 2.20. The van der Waals surface area contributed by atoms with Crippen molar-refractivity contribution in [3.8, 4) is 17.2 Å². The Morgan fingerprint density at radius 3 is 2.39 bits per heavy atom. The van der Waals surface area contributed by atoms with Gasteiger partial charge in [-0.05, 0) is 49.4 Å². The first-order valence-corrected chi connectivity index (χ1v) is 11.6. The lowest BCUT2D eigenvalue weighted by Crippen LogP contribution is -2.29. The van der Waals surface area contributed by atoms with Crippen molar-refractivity contribution < 1.29 is 19.1 Å². The third kappa shape index (κ3) is 5.55. The molecular formula is C28H27N3O5. The molecule has 0 fully saturated rings. The van der Waals surface area contributed by atoms with Crippen LogP contribution in [0.4, 0.5) is 5.69 Å². The summed E-state index contributed by atoms with van der Waals surface area (Å²) in [5, 5.41) is 6.55. The average Bonchev–Trinajstić information content (AvgIpc) is 2.90. The first-order valence-electron chi connectivity index (χ1n) is 11.6. The number of nitrogens with one attached hydrogen (secondary N) is 2. The lowest BCUT2D eigenvalue weighted by Gasteiger charge is -2.13. The predicted octanol–water partition coefficient (Wildman–Crippen LogP) is 4.16. The van der Waals surface area contributed by atoms with Gasteiger partial charge in [-0.15, -0.1) is 0 Å². The third-order valence-electron chi connectivity index (χ3n) is 5.59. The number of amides is 2. The van der Waals surface area contributed by atoms with Crippen molar-refractivity contribution >= 4 is 28.3 Å². The number of hydrogen-bond donors (Lipinski definition) is 2. The van der Waals surface area contributed by atoms with Crippen LogP contribution >= 0.6 is 0 Å². The summed E-state index contributed by atoms with van der Waals surface area (Å²) in [5.74, 6) is 0.713. The molecule has 0 aliphatic heterocycles. The van der Waals surface area contributed by atoms with Crippen molar-refractivity contribution in [3.63, 3.8) is 0 Å². The van der Waals surface area contributed by atoms with Crippen LogP contribution in [-0.4, -0.2) is 36.6 Å². The molecule has 0 spiro atoms. The molecule has 8 nitrogen and oxygen atoms in total. The smallest absolute Gasteiger partial charge is 0.262 e. The number of ether oxygens (including phenoxy) is 2. The molecule has 0 aliphatic rings. The monoisotopic (exact) mass is 485 g/mol. The Morgan fingerprint density at radius 2 is 1.67 bits per heavy atom. The third-order valence-corrected chi connectivity index (χ3v) is 5.59. The van der Waals surface area contributed by atoms with Crippen LogP contribution in [0, 0.1) is 0 Å². The van der Waals surface area contributed by atoms with Crippen LogP contribution in [0.15, 0.2) is 83.8 Å². The number of nitrogens with zero attached hydrogens (tertiary/aromatic N) is 1. The summed E-state index contributed by atoms with van der Waals surface area (Å²) in [6.45, 7) is 2.60. The van der Waals surface area contributed by atoms with E-state index in [2.05, 4.69) is 10.6 Å². The Balaban J connectivity index is 1.49. The number of aromatic nitrogens is 1. The molecule has 0 unspecified atom stereocenters. The second-order valence-electron chi connectivity index (χ2n) is 7.98. The Morgan fingerprint density at radius 1 is 0.917 bits per heavy atom. The lowest BCUT2D eigenvalue weighted by atomic mass is 10.1. The Bertz CT molecular complexity index is 1440. The van der Waals surface area contributed by atoms with E-state index >= 15 is 0 Å². The molecule has 4 aromatic rings. The molecule has 184 valence electrons. The highest BCUT2D eigenvalue weighted by molar-refractivity contribution is 6.06. The Labute approximate surface area is 208 Å². The van der Waals surface area contributed by atoms with Gasteiger partial charge in [0.25, 0.3) is 11.5 Å². The topological polar surface area (TPSA) is 98.7 Å². The molecule has 2 amide bonds. The fraction of sp³-hybridized carbons (Fsp3) is 0.179. The van der Waals surface area contributed by atoms with Gasteiger partial charge in [-0.1, -0.05) is 24.3 Å². The van der Waals surface area contributed by atoms with Crippen LogP contribution in [0.5, 0.6) is 11.5 Å². The van der Waals surface area contributed by atoms with Crippen molar-refractivity contribution in [2.24, 2.45) is 0 Å². The van der Waals surface area contributed by atoms with Gasteiger partial charge in [-0.2, -0.15) is 0 Å². The normalized spacial score (nSPS) is 10.6. The highest BCUT2D eigenvalue weighted by Gasteiger charge is 2.16. The van der Waals surface area contributed by atoms with E-state index in [1.807, 2.05) is 6.92 Å². The highest BCUT2D eigenvalue weighted by atomic mass is 16.5. The first-order chi connectivity index (χ1) is 17.5. The van der Waals surface area contributed by atoms with Gasteiger partial charge in [0, 0.05) is 41.7 Å². The van der Waals surface area contributed by atoms with Gasteiger partial charge in [-0.3, -0.25) is 19.0 Å². The molecule has 1 aromatic heterocycles. The summed E-state index contributed by atoms with van der Waals surface area (Å²) in [6.07, 6.45) is 1.61. The maximum atomic E-state index is 13.2. The van der Waals surface area contributed by atoms with Gasteiger partial charge in [0.1, 0.15) is 11.5 Å². The average molecular weight is 486 g/mol. The van der Waals surface area contributed by atoms with Crippen LogP contribution in [0.3, 0.4) is 0 Å². The van der Waals surface area contributed by atoms with Gasteiger partial charge < -0.3 is 20.1 Å². The van der Waals surface area contributed by atoms with E-state index < -0.39 is 0 Å². The fourth-order valence-electron chi connectivity index (χ4n) is 3.83. The summed E-state index contributed by atoms with van der Waals surface area (Å²) < 4.78 is 12.1. The van der Waals surface area contributed by atoms with E-state index in [0.717, 1.165) is 5.75 Å². The molecule has 0 bridgehead atoms. The van der Waals surface area contributed by atoms with Crippen LogP contribution in [0.25, 0.3) is 16.5 Å². The second kappa shape index (κ2) is 11.2. The summed E-state index contributed by atoms with van der Waals surface area (Å²) in [6, 6.07) is 21.1. The van der Waals surface area contributed by atoms with Crippen molar-refractivity contribution in [2.45, 2.75) is 13.3 Å². The van der Waals surface area contributed by atoms with E-state index in [-0.39, 0.29) is 30.3 Å². The van der Waals surface area contributed by atoms with E-state index in [1.54, 1.807) is 79.9 Å². The number of rotatable bonds is 9. The number of benzene rings is 3. The number of fused-ring (bicyclic) bond motifs is 1. The molecule has 0 radical (unpaired) electrons. The molecule has 1 heterocycles. The molecule has 8 heteroatoms. The minimum atomic E-state index is -0.378. The van der Waals surface area contributed by atoms with Crippen molar-refractivity contribution in [1.29, 1.82) is 0 Å². The van der Waals surface area contributed by atoms with Gasteiger partial charge in [0.05, 0.1) is 25.0 Å². The molecule has 0 aliphatic carbocycles. The van der Waals surface area contributed by atoms with Crippen LogP contribution < -0.4 is 25.7 Å². The quantitative estimate of drug-likeness (QED) is 0.371. The minimum absolute atomic E-state index is 0.0897. The number of anilines is 1. The summed E-state index contributed by atoms with van der Waals surface area (Å²) >= 11 is 0. The molecule has 3 aromatic carbocycles. The summed E-state index contributed by atoms with van der Waals surface area (Å²) in [5.41, 5.74) is 1.31. The number of methoxy groups -OCH3 is 1. The minimum Gasteiger partial charge on any atom is -0.497 e. The second-order valence-corrected chi connectivity index (χ2v) is 7.98. The SMILES string of the molecule is CCOc1ccc(NC(=O)CCNC(=O)c2cn(-c3cccc(OC)c3)c(=O)c3ccccc23)cc1. The standard InChI is InChI=1S/C28H27N3O5/c1-3-36-21-13-11-19(12-14-21)30-26(32)15-16-29-27(33)25-18-31(20-7-6-8-22(17-20)35-2)28(34)24-10-5-4-9-23(24)25/h4-14,17-18H,3,15-16H2,1-2H3,(H,29,33)(H,30,32). The van der Waals surface area contributed by atoms with Crippen molar-refractivity contribution in [3.05, 3.63) is 94.9 Å². The Kier molecular flexibility index (Phi) is 7.65. The van der Waals surface area contributed by atoms with Crippen LogP contribution in [0.2, 0.25) is 0 Å². The van der Waals surface area contributed by atoms with Gasteiger partial charge in [0.15, 0.2) is 0 Å². The molecule has 0 saturated heterocycles. The zero-order valence-corrected chi connectivity index (χ0v) is 20.1. The number of carbonyl (C=O) groups excluding carboxylic acids is 2. The molecule has 0 saturated carbocycles. The fourth-order valence-corrected chi connectivity index (χ4v) is 3.83. The van der Waals surface area contributed by atoms with Crippen LogP contribution in [0.1, 0.15) is 23.7 Å². The lowest BCUT2D eigenvalue weighted by molar-refractivity contribution is -0.116. The number of hydrogen-bond acceptors (Lipinski definition) is 5. The summed E-state index contributed by atoms with van der Waals surface area (Å²) in [4.78, 5) is 38.6. The van der Waals surface area contributed by atoms with E-state index in [9.17, 15) is 14.4 Å². The molecule has 4 rings (SSSR count). The van der Waals surface area contributed by atoms with E-state index in [4.69, 9.17) is 9.47 Å². The molecule has 2 N–H and O–H groups in total. The zero-order chi connectivity index (χ0) is 25.5. The molecular weight excluding hydrogens is 458 g/mol. The molecule has 0 atom stereocenters. The van der Waals surface area contributed by atoms with E-state index in [0.29, 0.717) is 40.1 Å². The molecule has 36 heavy (non-hydrogen) atoms. The Hall–Kier alpha value is -4.59. The number of carbonyl (C=O) groups is 2. The van der Waals surface area contributed by atoms with Gasteiger partial charge in [0.2, 0.25) is 5.91 Å². The predicted molar refractivity (Wildman–Crippen MR) is 139 cm³/mol. The first kappa shape index (κ1) is 24.5. The van der Waals surface area contributed by atoms with Gasteiger partial charge >= 0.3 is 0 Å². The van der Waals surface area contributed by atoms with Crippen LogP contribution in [-0.2, 0) is 4.79 Å². The zero-order valence-electron chi connectivity index (χ0n) is 20.1. The maximum Gasteiger partial charge on any atom is 0.262 e. The van der Waals surface area contributed by atoms with Crippen molar-refractivity contribution in [1.82, 2.24) is 9.88 Å². The van der Waals surface area contributed by atoms with E-state index in [1.165, 1.54) is 10.8 Å².